The Balaban J connectivity index is 1.66. The van der Waals surface area contributed by atoms with Crippen LogP contribution in [0.5, 0.6) is 0 Å². The number of allylic oxidation sites excluding steroid dienone is 2. The van der Waals surface area contributed by atoms with Crippen molar-refractivity contribution in [2.75, 3.05) is 11.9 Å². The molecule has 4 rings (SSSR count). The van der Waals surface area contributed by atoms with Gasteiger partial charge in [-0.25, -0.2) is 4.79 Å². The molecule has 0 spiro atoms. The van der Waals surface area contributed by atoms with Gasteiger partial charge >= 0.3 is 5.97 Å². The summed E-state index contributed by atoms with van der Waals surface area (Å²) in [6.45, 7) is 6.21. The lowest BCUT2D eigenvalue weighted by molar-refractivity contribution is -0.313. The van der Waals surface area contributed by atoms with E-state index in [1.54, 1.807) is 6.92 Å². The number of amides is 1. The smallest absolute Gasteiger partial charge is 0.341 e. The molecule has 0 saturated heterocycles. The van der Waals surface area contributed by atoms with Crippen LogP contribution in [-0.4, -0.2) is 30.1 Å². The van der Waals surface area contributed by atoms with Crippen LogP contribution >= 0.6 is 11.3 Å². The second-order valence-corrected chi connectivity index (χ2v) is 9.57. The van der Waals surface area contributed by atoms with Crippen molar-refractivity contribution in [2.45, 2.75) is 45.8 Å². The van der Waals surface area contributed by atoms with Crippen LogP contribution in [0.2, 0.25) is 0 Å². The van der Waals surface area contributed by atoms with Gasteiger partial charge in [0.05, 0.1) is 30.3 Å². The summed E-state index contributed by atoms with van der Waals surface area (Å²) in [4.78, 5) is 38.3. The first-order chi connectivity index (χ1) is 13.7. The van der Waals surface area contributed by atoms with Crippen LogP contribution in [0.4, 0.5) is 5.00 Å². The molecule has 8 heteroatoms. The first-order valence-electron chi connectivity index (χ1n) is 9.87. The first kappa shape index (κ1) is 20.1. The Labute approximate surface area is 173 Å². The van der Waals surface area contributed by atoms with E-state index < -0.39 is 29.4 Å². The van der Waals surface area contributed by atoms with Gasteiger partial charge < -0.3 is 24.7 Å². The molecule has 0 unspecified atom stereocenters. The second-order valence-electron chi connectivity index (χ2n) is 8.46. The molecule has 2 heterocycles. The third-order valence-electron chi connectivity index (χ3n) is 6.04. The summed E-state index contributed by atoms with van der Waals surface area (Å²) in [5.74, 6) is -3.90. The van der Waals surface area contributed by atoms with Crippen molar-refractivity contribution in [2.24, 2.45) is 23.7 Å². The average molecular weight is 418 g/mol. The highest BCUT2D eigenvalue weighted by atomic mass is 32.1. The van der Waals surface area contributed by atoms with E-state index in [4.69, 9.17) is 9.47 Å². The molecule has 3 aliphatic rings. The molecule has 156 valence electrons. The number of carboxylic acid groups (broad SMARTS) is 1. The summed E-state index contributed by atoms with van der Waals surface area (Å²) in [7, 11) is 0. The van der Waals surface area contributed by atoms with E-state index in [2.05, 4.69) is 5.32 Å². The molecule has 1 saturated carbocycles. The number of anilines is 1. The van der Waals surface area contributed by atoms with Gasteiger partial charge in [0.25, 0.3) is 0 Å². The Kier molecular flexibility index (Phi) is 5.02. The third-order valence-corrected chi connectivity index (χ3v) is 7.16. The van der Waals surface area contributed by atoms with Crippen LogP contribution in [0.15, 0.2) is 12.2 Å². The van der Waals surface area contributed by atoms with Crippen LogP contribution < -0.4 is 10.4 Å². The predicted molar refractivity (Wildman–Crippen MR) is 104 cm³/mol. The van der Waals surface area contributed by atoms with Crippen molar-refractivity contribution >= 4 is 34.2 Å². The van der Waals surface area contributed by atoms with Gasteiger partial charge in [0.15, 0.2) is 0 Å². The van der Waals surface area contributed by atoms with E-state index in [0.717, 1.165) is 10.4 Å². The maximum Gasteiger partial charge on any atom is 0.341 e. The zero-order chi connectivity index (χ0) is 20.9. The van der Waals surface area contributed by atoms with Crippen molar-refractivity contribution in [3.8, 4) is 0 Å². The highest BCUT2D eigenvalue weighted by Crippen LogP contribution is 2.49. The van der Waals surface area contributed by atoms with E-state index in [0.29, 0.717) is 30.0 Å². The highest BCUT2D eigenvalue weighted by molar-refractivity contribution is 7.17. The summed E-state index contributed by atoms with van der Waals surface area (Å²) in [6.07, 6.45) is 4.95. The molecular weight excluding hydrogens is 394 g/mol. The Morgan fingerprint density at radius 1 is 1.28 bits per heavy atom. The number of carboxylic acids is 1. The number of esters is 1. The van der Waals surface area contributed by atoms with Crippen molar-refractivity contribution in [3.63, 3.8) is 0 Å². The lowest BCUT2D eigenvalue weighted by Gasteiger charge is -2.30. The molecule has 0 aromatic carbocycles. The molecule has 1 aromatic rings. The molecule has 29 heavy (non-hydrogen) atoms. The Morgan fingerprint density at radius 2 is 1.97 bits per heavy atom. The van der Waals surface area contributed by atoms with Crippen LogP contribution in [0.1, 0.15) is 48.0 Å². The van der Waals surface area contributed by atoms with Crippen molar-refractivity contribution < 1.29 is 29.0 Å². The number of carbonyl (C=O) groups is 3. The zero-order valence-electron chi connectivity index (χ0n) is 16.7. The Hall–Kier alpha value is -2.19. The minimum absolute atomic E-state index is 0.120. The Bertz CT molecular complexity index is 901. The van der Waals surface area contributed by atoms with Crippen LogP contribution in [0.25, 0.3) is 0 Å². The van der Waals surface area contributed by atoms with Gasteiger partial charge in [0.2, 0.25) is 5.91 Å². The summed E-state index contributed by atoms with van der Waals surface area (Å²) >= 11 is 1.29. The predicted octanol–water partition coefficient (Wildman–Crippen LogP) is 1.90. The number of hydrogen-bond donors (Lipinski definition) is 1. The van der Waals surface area contributed by atoms with Gasteiger partial charge in [-0.3, -0.25) is 4.79 Å². The maximum atomic E-state index is 13.1. The molecule has 4 atom stereocenters. The Morgan fingerprint density at radius 3 is 2.62 bits per heavy atom. The van der Waals surface area contributed by atoms with E-state index in [9.17, 15) is 19.5 Å². The summed E-state index contributed by atoms with van der Waals surface area (Å²) in [6, 6.07) is 0. The minimum Gasteiger partial charge on any atom is -0.550 e. The first-order valence-corrected chi connectivity index (χ1v) is 10.7. The number of carbonyl (C=O) groups excluding carboxylic acids is 3. The highest BCUT2D eigenvalue weighted by Gasteiger charge is 2.49. The van der Waals surface area contributed by atoms with Gasteiger partial charge in [0.1, 0.15) is 5.00 Å². The van der Waals surface area contributed by atoms with Gasteiger partial charge in [-0.05, 0) is 44.6 Å². The molecule has 1 aromatic heterocycles. The van der Waals surface area contributed by atoms with Gasteiger partial charge in [0, 0.05) is 23.2 Å². The fraction of sp³-hybridized carbons (Fsp3) is 0.571. The molecule has 1 N–H and O–H groups in total. The van der Waals surface area contributed by atoms with Crippen molar-refractivity contribution in [1.29, 1.82) is 0 Å². The number of rotatable bonds is 5. The number of ether oxygens (including phenoxy) is 2. The number of aliphatic carboxylic acids is 1. The quantitative estimate of drug-likeness (QED) is 0.578. The van der Waals surface area contributed by atoms with Crippen LogP contribution in [0.3, 0.4) is 0 Å². The summed E-state index contributed by atoms with van der Waals surface area (Å²) in [5, 5.41) is 14.9. The van der Waals surface area contributed by atoms with E-state index >= 15 is 0 Å². The molecule has 2 aliphatic carbocycles. The number of fused-ring (bicyclic) bond motifs is 3. The monoisotopic (exact) mass is 418 g/mol. The van der Waals surface area contributed by atoms with Crippen molar-refractivity contribution in [1.82, 2.24) is 0 Å². The SMILES string of the molecule is CCOC(=O)c1c(NC(=O)[C@H]2[C@H](C(=O)[O-])[C@H]3C=C[C@@H]2C3)sc2c1CC(C)(C)OC2. The molecule has 1 fully saturated rings. The fourth-order valence-corrected chi connectivity index (χ4v) is 5.88. The fourth-order valence-electron chi connectivity index (χ4n) is 4.76. The maximum absolute atomic E-state index is 13.1. The topological polar surface area (TPSA) is 105 Å². The number of hydrogen-bond acceptors (Lipinski definition) is 7. The summed E-state index contributed by atoms with van der Waals surface area (Å²) < 4.78 is 11.1. The molecule has 2 bridgehead atoms. The van der Waals surface area contributed by atoms with Crippen LogP contribution in [0, 0.1) is 23.7 Å². The molecular formula is C21H24NO6S-. The molecule has 0 radical (unpaired) electrons. The lowest BCUT2D eigenvalue weighted by atomic mass is 9.82. The van der Waals surface area contributed by atoms with Gasteiger partial charge in [-0.2, -0.15) is 0 Å². The second kappa shape index (κ2) is 7.25. The van der Waals surface area contributed by atoms with Gasteiger partial charge in [-0.1, -0.05) is 12.2 Å². The van der Waals surface area contributed by atoms with E-state index in [1.807, 2.05) is 26.0 Å². The van der Waals surface area contributed by atoms with Gasteiger partial charge in [-0.15, -0.1) is 11.3 Å². The molecule has 1 amide bonds. The normalized spacial score (nSPS) is 28.8. The average Bonchev–Trinajstić information content (AvgIpc) is 3.33. The standard InChI is InChI=1S/C21H25NO6S/c1-4-27-20(26)16-12-8-21(2,3)28-9-13(12)29-18(16)22-17(23)14-10-5-6-11(7-10)15(14)19(24)25/h5-6,10-11,14-15H,4,7-9H2,1-3H3,(H,22,23)(H,24,25)/p-1/t10-,11+,14-,15-/m1/s1. The number of nitrogens with one attached hydrogen (secondary N) is 1. The van der Waals surface area contributed by atoms with Crippen LogP contribution in [-0.2, 0) is 32.1 Å². The number of thiophene rings is 1. The summed E-state index contributed by atoms with van der Waals surface area (Å²) in [5.41, 5.74) is 0.774. The van der Waals surface area contributed by atoms with Crippen molar-refractivity contribution in [3.05, 3.63) is 28.2 Å². The zero-order valence-corrected chi connectivity index (χ0v) is 17.5. The largest absolute Gasteiger partial charge is 0.550 e. The minimum atomic E-state index is -1.20. The molecule has 1 aliphatic heterocycles. The van der Waals surface area contributed by atoms with E-state index in [-0.39, 0.29) is 24.3 Å². The lowest BCUT2D eigenvalue weighted by Crippen LogP contribution is -2.42. The third kappa shape index (κ3) is 3.48. The molecule has 7 nitrogen and oxygen atoms in total. The van der Waals surface area contributed by atoms with E-state index in [1.165, 1.54) is 11.3 Å².